The van der Waals surface area contributed by atoms with E-state index in [1.165, 1.54) is 0 Å². The molecule has 1 aromatic heterocycles. The summed E-state index contributed by atoms with van der Waals surface area (Å²) in [5, 5.41) is 0. The van der Waals surface area contributed by atoms with E-state index in [0.717, 1.165) is 19.3 Å². The second kappa shape index (κ2) is 7.15. The highest BCUT2D eigenvalue weighted by Gasteiger charge is 2.37. The predicted octanol–water partition coefficient (Wildman–Crippen LogP) is 1.99. The van der Waals surface area contributed by atoms with Gasteiger partial charge in [0.1, 0.15) is 6.10 Å². The quantitative estimate of drug-likeness (QED) is 0.896. The average molecular weight is 349 g/mol. The standard InChI is InChI=1S/C18H27N3O4/c1-10(2)17-20-11(3)15(25-17)18(23)21-8-6-12(7-9-21)13-4-5-14(24-13)16(19)22/h10,12-14H,4-9H2,1-3H3,(H2,19,22)/t13-,14+/m0/s1. The number of rotatable bonds is 4. The molecule has 0 radical (unpaired) electrons. The monoisotopic (exact) mass is 349 g/mol. The van der Waals surface area contributed by atoms with Crippen molar-refractivity contribution in [2.24, 2.45) is 11.7 Å². The lowest BCUT2D eigenvalue weighted by Crippen LogP contribution is -2.41. The molecular weight excluding hydrogens is 322 g/mol. The van der Waals surface area contributed by atoms with Gasteiger partial charge in [0.25, 0.3) is 5.91 Å². The Morgan fingerprint density at radius 3 is 2.40 bits per heavy atom. The number of likely N-dealkylation sites (tertiary alicyclic amines) is 1. The van der Waals surface area contributed by atoms with Gasteiger partial charge in [0, 0.05) is 19.0 Å². The minimum atomic E-state index is -0.448. The van der Waals surface area contributed by atoms with Crippen molar-refractivity contribution < 1.29 is 18.7 Å². The molecule has 1 aromatic rings. The molecule has 2 N–H and O–H groups in total. The number of aromatic nitrogens is 1. The molecule has 25 heavy (non-hydrogen) atoms. The Labute approximate surface area is 147 Å². The summed E-state index contributed by atoms with van der Waals surface area (Å²) in [5.74, 6) is 1.02. The van der Waals surface area contributed by atoms with Crippen molar-refractivity contribution in [2.75, 3.05) is 13.1 Å². The molecular formula is C18H27N3O4. The van der Waals surface area contributed by atoms with Crippen molar-refractivity contribution in [3.05, 3.63) is 17.3 Å². The maximum atomic E-state index is 12.7. The van der Waals surface area contributed by atoms with Crippen LogP contribution in [-0.4, -0.2) is 47.0 Å². The number of carbonyl (C=O) groups excluding carboxylic acids is 2. The van der Waals surface area contributed by atoms with Crippen molar-refractivity contribution in [3.8, 4) is 0 Å². The van der Waals surface area contributed by atoms with E-state index >= 15 is 0 Å². The van der Waals surface area contributed by atoms with Crippen LogP contribution in [0.3, 0.4) is 0 Å². The Bertz CT molecular complexity index is 647. The fraction of sp³-hybridized carbons (Fsp3) is 0.722. The first-order valence-corrected chi connectivity index (χ1v) is 9.08. The Morgan fingerprint density at radius 2 is 1.88 bits per heavy atom. The minimum absolute atomic E-state index is 0.0781. The number of nitrogens with zero attached hydrogens (tertiary/aromatic N) is 2. The van der Waals surface area contributed by atoms with Crippen LogP contribution < -0.4 is 5.73 Å². The lowest BCUT2D eigenvalue weighted by molar-refractivity contribution is -0.130. The van der Waals surface area contributed by atoms with E-state index in [4.69, 9.17) is 14.9 Å². The van der Waals surface area contributed by atoms with E-state index in [2.05, 4.69) is 4.98 Å². The Balaban J connectivity index is 1.57. The SMILES string of the molecule is Cc1nc(C(C)C)oc1C(=O)N1CCC([C@@H]2CC[C@H](C(N)=O)O2)CC1. The topological polar surface area (TPSA) is 98.7 Å². The Hall–Kier alpha value is -1.89. The van der Waals surface area contributed by atoms with Gasteiger partial charge in [-0.15, -0.1) is 0 Å². The third-order valence-electron chi connectivity index (χ3n) is 5.22. The number of carbonyl (C=O) groups is 2. The molecule has 2 amide bonds. The fourth-order valence-electron chi connectivity index (χ4n) is 3.70. The first-order valence-electron chi connectivity index (χ1n) is 9.08. The summed E-state index contributed by atoms with van der Waals surface area (Å²) in [6.07, 6.45) is 2.93. The number of oxazole rings is 1. The summed E-state index contributed by atoms with van der Waals surface area (Å²) in [5.41, 5.74) is 5.97. The van der Waals surface area contributed by atoms with Gasteiger partial charge < -0.3 is 19.8 Å². The van der Waals surface area contributed by atoms with Crippen LogP contribution in [0.25, 0.3) is 0 Å². The molecule has 7 heteroatoms. The number of piperidine rings is 1. The molecule has 2 aliphatic rings. The molecule has 2 aliphatic heterocycles. The molecule has 2 fully saturated rings. The van der Waals surface area contributed by atoms with Gasteiger partial charge in [-0.1, -0.05) is 13.8 Å². The number of hydrogen-bond donors (Lipinski definition) is 1. The molecule has 3 rings (SSSR count). The third kappa shape index (κ3) is 3.71. The van der Waals surface area contributed by atoms with Gasteiger partial charge in [-0.3, -0.25) is 9.59 Å². The number of amides is 2. The number of nitrogens with two attached hydrogens (primary N) is 1. The molecule has 2 saturated heterocycles. The van der Waals surface area contributed by atoms with Crippen LogP contribution in [0.1, 0.15) is 67.6 Å². The zero-order chi connectivity index (χ0) is 18.1. The van der Waals surface area contributed by atoms with Crippen molar-refractivity contribution in [2.45, 2.75) is 64.6 Å². The van der Waals surface area contributed by atoms with Crippen LogP contribution in [0.2, 0.25) is 0 Å². The number of ether oxygens (including phenoxy) is 1. The molecule has 0 unspecified atom stereocenters. The maximum Gasteiger partial charge on any atom is 0.291 e. The lowest BCUT2D eigenvalue weighted by atomic mass is 9.89. The normalized spacial score (nSPS) is 24.9. The minimum Gasteiger partial charge on any atom is -0.435 e. The van der Waals surface area contributed by atoms with Crippen LogP contribution in [0.15, 0.2) is 4.42 Å². The van der Waals surface area contributed by atoms with Crippen molar-refractivity contribution in [3.63, 3.8) is 0 Å². The summed E-state index contributed by atoms with van der Waals surface area (Å²) in [7, 11) is 0. The van der Waals surface area contributed by atoms with Crippen LogP contribution >= 0.6 is 0 Å². The third-order valence-corrected chi connectivity index (χ3v) is 5.22. The van der Waals surface area contributed by atoms with Gasteiger partial charge in [0.15, 0.2) is 5.89 Å². The number of aryl methyl sites for hydroxylation is 1. The van der Waals surface area contributed by atoms with E-state index in [1.807, 2.05) is 25.7 Å². The van der Waals surface area contributed by atoms with E-state index in [1.54, 1.807) is 0 Å². The highest BCUT2D eigenvalue weighted by Crippen LogP contribution is 2.32. The summed E-state index contributed by atoms with van der Waals surface area (Å²) in [6.45, 7) is 7.13. The van der Waals surface area contributed by atoms with E-state index in [9.17, 15) is 9.59 Å². The predicted molar refractivity (Wildman–Crippen MR) is 91.0 cm³/mol. The summed E-state index contributed by atoms with van der Waals surface area (Å²) < 4.78 is 11.5. The smallest absolute Gasteiger partial charge is 0.291 e. The highest BCUT2D eigenvalue weighted by atomic mass is 16.5. The molecule has 0 saturated carbocycles. The number of primary amides is 1. The van der Waals surface area contributed by atoms with Crippen LogP contribution in [0.5, 0.6) is 0 Å². The van der Waals surface area contributed by atoms with Crippen molar-refractivity contribution in [1.82, 2.24) is 9.88 Å². The maximum absolute atomic E-state index is 12.7. The van der Waals surface area contributed by atoms with Crippen LogP contribution in [0, 0.1) is 12.8 Å². The second-order valence-electron chi connectivity index (χ2n) is 7.39. The van der Waals surface area contributed by atoms with Gasteiger partial charge in [-0.05, 0) is 38.5 Å². The zero-order valence-corrected chi connectivity index (χ0v) is 15.2. The summed E-state index contributed by atoms with van der Waals surface area (Å²) >= 11 is 0. The first-order chi connectivity index (χ1) is 11.9. The van der Waals surface area contributed by atoms with Crippen LogP contribution in [0.4, 0.5) is 0 Å². The first kappa shape index (κ1) is 17.9. The van der Waals surface area contributed by atoms with E-state index in [0.29, 0.717) is 42.8 Å². The molecule has 0 spiro atoms. The fourth-order valence-corrected chi connectivity index (χ4v) is 3.70. The molecule has 0 aromatic carbocycles. The average Bonchev–Trinajstić information content (AvgIpc) is 3.21. The van der Waals surface area contributed by atoms with Crippen molar-refractivity contribution >= 4 is 11.8 Å². The largest absolute Gasteiger partial charge is 0.435 e. The summed E-state index contributed by atoms with van der Waals surface area (Å²) in [4.78, 5) is 30.1. The molecule has 7 nitrogen and oxygen atoms in total. The Morgan fingerprint density at radius 1 is 1.20 bits per heavy atom. The summed E-state index contributed by atoms with van der Waals surface area (Å²) in [6, 6.07) is 0. The van der Waals surface area contributed by atoms with E-state index in [-0.39, 0.29) is 23.8 Å². The lowest BCUT2D eigenvalue weighted by Gasteiger charge is -2.34. The Kier molecular flexibility index (Phi) is 5.13. The molecule has 138 valence electrons. The number of hydrogen-bond acceptors (Lipinski definition) is 5. The van der Waals surface area contributed by atoms with Gasteiger partial charge in [0.2, 0.25) is 11.7 Å². The van der Waals surface area contributed by atoms with Crippen molar-refractivity contribution in [1.29, 1.82) is 0 Å². The molecule has 2 atom stereocenters. The van der Waals surface area contributed by atoms with Gasteiger partial charge in [-0.2, -0.15) is 0 Å². The van der Waals surface area contributed by atoms with Crippen LogP contribution in [-0.2, 0) is 9.53 Å². The molecule has 0 aliphatic carbocycles. The van der Waals surface area contributed by atoms with Gasteiger partial charge >= 0.3 is 0 Å². The van der Waals surface area contributed by atoms with Gasteiger partial charge in [-0.25, -0.2) is 4.98 Å². The van der Waals surface area contributed by atoms with E-state index < -0.39 is 6.10 Å². The zero-order valence-electron chi connectivity index (χ0n) is 15.2. The van der Waals surface area contributed by atoms with Gasteiger partial charge in [0.05, 0.1) is 11.8 Å². The highest BCUT2D eigenvalue weighted by molar-refractivity contribution is 5.92. The second-order valence-corrected chi connectivity index (χ2v) is 7.39. The molecule has 0 bridgehead atoms. The molecule has 3 heterocycles.